The van der Waals surface area contributed by atoms with Crippen molar-refractivity contribution in [3.8, 4) is 0 Å². The number of nitrogens with one attached hydrogen (secondary N) is 4. The van der Waals surface area contributed by atoms with Crippen LogP contribution in [0.2, 0.25) is 0 Å². The van der Waals surface area contributed by atoms with E-state index in [4.69, 9.17) is 4.74 Å². The van der Waals surface area contributed by atoms with Gasteiger partial charge in [-0.05, 0) is 60.9 Å². The molecule has 0 aromatic heterocycles. The lowest BCUT2D eigenvalue weighted by Crippen LogP contribution is -2.25. The molecule has 0 unspecified atom stereocenters. The molecule has 0 atom stereocenters. The maximum Gasteiger partial charge on any atom is 0.251 e. The molecule has 0 fully saturated rings. The van der Waals surface area contributed by atoms with Gasteiger partial charge in [0.25, 0.3) is 5.91 Å². The van der Waals surface area contributed by atoms with Gasteiger partial charge < -0.3 is 26.0 Å². The van der Waals surface area contributed by atoms with E-state index >= 15 is 0 Å². The fourth-order valence-corrected chi connectivity index (χ4v) is 3.45. The van der Waals surface area contributed by atoms with Crippen molar-refractivity contribution in [1.29, 1.82) is 0 Å². The highest BCUT2D eigenvalue weighted by Gasteiger charge is 2.08. The van der Waals surface area contributed by atoms with Crippen LogP contribution in [0.5, 0.6) is 0 Å². The molecule has 8 nitrogen and oxygen atoms in total. The monoisotopic (exact) mass is 488 g/mol. The molecule has 0 bridgehead atoms. The zero-order valence-electron chi connectivity index (χ0n) is 20.4. The second kappa shape index (κ2) is 14.3. The molecule has 0 radical (unpaired) electrons. The van der Waals surface area contributed by atoms with Crippen molar-refractivity contribution in [1.82, 2.24) is 5.32 Å². The van der Waals surface area contributed by atoms with Gasteiger partial charge in [-0.25, -0.2) is 0 Å². The van der Waals surface area contributed by atoms with Crippen LogP contribution in [-0.4, -0.2) is 44.5 Å². The lowest BCUT2D eigenvalue weighted by Gasteiger charge is -2.11. The van der Waals surface area contributed by atoms with Gasteiger partial charge in [0.15, 0.2) is 0 Å². The number of methoxy groups -OCH3 is 1. The van der Waals surface area contributed by atoms with Crippen LogP contribution < -0.4 is 21.3 Å². The Balaban J connectivity index is 1.41. The molecular formula is C28H32N4O4. The lowest BCUT2D eigenvalue weighted by molar-refractivity contribution is -0.116. The van der Waals surface area contributed by atoms with Gasteiger partial charge in [0, 0.05) is 49.3 Å². The average molecular weight is 489 g/mol. The van der Waals surface area contributed by atoms with Crippen molar-refractivity contribution in [2.45, 2.75) is 19.3 Å². The summed E-state index contributed by atoms with van der Waals surface area (Å²) in [6, 6.07) is 23.8. The summed E-state index contributed by atoms with van der Waals surface area (Å²) in [4.78, 5) is 36.8. The molecule has 0 aliphatic heterocycles. The Bertz CT molecular complexity index is 1130. The van der Waals surface area contributed by atoms with Gasteiger partial charge in [-0.3, -0.25) is 14.4 Å². The number of ether oxygens (including phenoxy) is 1. The Kier molecular flexibility index (Phi) is 10.5. The summed E-state index contributed by atoms with van der Waals surface area (Å²) in [5, 5.41) is 11.6. The normalized spacial score (nSPS) is 10.4. The lowest BCUT2D eigenvalue weighted by atomic mass is 10.1. The maximum atomic E-state index is 12.4. The van der Waals surface area contributed by atoms with E-state index < -0.39 is 0 Å². The Morgan fingerprint density at radius 2 is 1.47 bits per heavy atom. The van der Waals surface area contributed by atoms with E-state index in [1.807, 2.05) is 30.3 Å². The van der Waals surface area contributed by atoms with E-state index in [2.05, 4.69) is 21.3 Å². The van der Waals surface area contributed by atoms with E-state index in [9.17, 15) is 14.4 Å². The molecule has 4 N–H and O–H groups in total. The maximum absolute atomic E-state index is 12.4. The topological polar surface area (TPSA) is 109 Å². The zero-order valence-corrected chi connectivity index (χ0v) is 20.4. The summed E-state index contributed by atoms with van der Waals surface area (Å²) >= 11 is 0. The van der Waals surface area contributed by atoms with Crippen molar-refractivity contribution in [3.63, 3.8) is 0 Å². The van der Waals surface area contributed by atoms with Gasteiger partial charge in [0.05, 0.1) is 6.54 Å². The molecule has 188 valence electrons. The molecule has 0 spiro atoms. The standard InChI is InChI=1S/C28H32N4O4/c1-36-18-6-17-29-28(35)22-12-14-23(15-13-22)30-20-27(34)32-25-10-5-9-24(19-25)31-26(33)16-11-21-7-3-2-4-8-21/h2-5,7-10,12-15,19,30H,6,11,16-18,20H2,1H3,(H,29,35)(H,31,33)(H,32,34). The van der Waals surface area contributed by atoms with Crippen molar-refractivity contribution in [3.05, 3.63) is 90.0 Å². The quantitative estimate of drug-likeness (QED) is 0.271. The Morgan fingerprint density at radius 3 is 2.17 bits per heavy atom. The Hall–Kier alpha value is -4.17. The van der Waals surface area contributed by atoms with Crippen molar-refractivity contribution < 1.29 is 19.1 Å². The summed E-state index contributed by atoms with van der Waals surface area (Å²) < 4.78 is 4.96. The van der Waals surface area contributed by atoms with E-state index in [0.717, 1.165) is 17.7 Å². The first-order chi connectivity index (χ1) is 17.5. The highest BCUT2D eigenvalue weighted by molar-refractivity contribution is 5.96. The Labute approximate surface area is 211 Å². The molecular weight excluding hydrogens is 456 g/mol. The third kappa shape index (κ3) is 9.23. The zero-order chi connectivity index (χ0) is 25.6. The number of aryl methyl sites for hydroxylation is 1. The molecule has 3 amide bonds. The molecule has 0 aliphatic carbocycles. The number of benzene rings is 3. The summed E-state index contributed by atoms with van der Waals surface area (Å²) in [5.74, 6) is -0.471. The highest BCUT2D eigenvalue weighted by Crippen LogP contribution is 2.16. The third-order valence-electron chi connectivity index (χ3n) is 5.32. The van der Waals surface area contributed by atoms with Crippen molar-refractivity contribution in [2.24, 2.45) is 0 Å². The van der Waals surface area contributed by atoms with Gasteiger partial charge in [-0.15, -0.1) is 0 Å². The highest BCUT2D eigenvalue weighted by atomic mass is 16.5. The summed E-state index contributed by atoms with van der Waals surface area (Å²) in [7, 11) is 1.62. The van der Waals surface area contributed by atoms with Gasteiger partial charge in [-0.2, -0.15) is 0 Å². The third-order valence-corrected chi connectivity index (χ3v) is 5.32. The smallest absolute Gasteiger partial charge is 0.251 e. The molecule has 0 saturated carbocycles. The second-order valence-electron chi connectivity index (χ2n) is 8.20. The van der Waals surface area contributed by atoms with E-state index in [1.165, 1.54) is 0 Å². The molecule has 3 aromatic carbocycles. The number of rotatable bonds is 13. The molecule has 36 heavy (non-hydrogen) atoms. The fraction of sp³-hybridized carbons (Fsp3) is 0.250. The van der Waals surface area contributed by atoms with Crippen LogP contribution in [0.15, 0.2) is 78.9 Å². The first kappa shape index (κ1) is 26.4. The van der Waals surface area contributed by atoms with E-state index in [1.54, 1.807) is 55.6 Å². The largest absolute Gasteiger partial charge is 0.385 e. The number of carbonyl (C=O) groups excluding carboxylic acids is 3. The summed E-state index contributed by atoms with van der Waals surface area (Å²) in [5.41, 5.74) is 3.58. The van der Waals surface area contributed by atoms with Crippen LogP contribution in [0.3, 0.4) is 0 Å². The number of carbonyl (C=O) groups is 3. The van der Waals surface area contributed by atoms with Crippen LogP contribution in [0.25, 0.3) is 0 Å². The van der Waals surface area contributed by atoms with Crippen molar-refractivity contribution in [2.75, 3.05) is 42.8 Å². The SMILES string of the molecule is COCCCNC(=O)c1ccc(NCC(=O)Nc2cccc(NC(=O)CCc3ccccc3)c2)cc1. The summed E-state index contributed by atoms with van der Waals surface area (Å²) in [6.07, 6.45) is 1.79. The molecule has 3 rings (SSSR count). The van der Waals surface area contributed by atoms with Crippen LogP contribution >= 0.6 is 0 Å². The predicted molar refractivity (Wildman–Crippen MR) is 142 cm³/mol. The first-order valence-corrected chi connectivity index (χ1v) is 11.9. The summed E-state index contributed by atoms with van der Waals surface area (Å²) in [6.45, 7) is 1.19. The molecule has 0 heterocycles. The average Bonchev–Trinajstić information content (AvgIpc) is 2.90. The van der Waals surface area contributed by atoms with E-state index in [0.29, 0.717) is 42.9 Å². The van der Waals surface area contributed by atoms with Gasteiger partial charge >= 0.3 is 0 Å². The molecule has 0 aliphatic rings. The second-order valence-corrected chi connectivity index (χ2v) is 8.20. The number of amides is 3. The van der Waals surface area contributed by atoms with Crippen LogP contribution in [0.4, 0.5) is 17.1 Å². The molecule has 8 heteroatoms. The number of hydrogen-bond acceptors (Lipinski definition) is 5. The van der Waals surface area contributed by atoms with E-state index in [-0.39, 0.29) is 24.3 Å². The molecule has 0 saturated heterocycles. The minimum Gasteiger partial charge on any atom is -0.385 e. The van der Waals surface area contributed by atoms with Gasteiger partial charge in [-0.1, -0.05) is 36.4 Å². The number of anilines is 3. The Morgan fingerprint density at radius 1 is 0.778 bits per heavy atom. The molecule has 3 aromatic rings. The first-order valence-electron chi connectivity index (χ1n) is 11.9. The van der Waals surface area contributed by atoms with Gasteiger partial charge in [0.1, 0.15) is 0 Å². The van der Waals surface area contributed by atoms with Crippen LogP contribution in [0, 0.1) is 0 Å². The van der Waals surface area contributed by atoms with Crippen molar-refractivity contribution >= 4 is 34.8 Å². The fourth-order valence-electron chi connectivity index (χ4n) is 3.45. The predicted octanol–water partition coefficient (Wildman–Crippen LogP) is 4.07. The number of hydrogen-bond donors (Lipinski definition) is 4. The minimum atomic E-state index is -0.234. The minimum absolute atomic E-state index is 0.0518. The van der Waals surface area contributed by atoms with Gasteiger partial charge in [0.2, 0.25) is 11.8 Å². The van der Waals surface area contributed by atoms with Crippen LogP contribution in [-0.2, 0) is 20.7 Å². The van der Waals surface area contributed by atoms with Crippen LogP contribution in [0.1, 0.15) is 28.8 Å².